The van der Waals surface area contributed by atoms with Crippen LogP contribution in [0.5, 0.6) is 0 Å². The minimum absolute atomic E-state index is 1.51. The Morgan fingerprint density at radius 2 is 2.00 bits per heavy atom. The first kappa shape index (κ1) is 3.88. The molecule has 3 N–H and O–H groups in total. The second kappa shape index (κ2) is 2.22. The van der Waals surface area contributed by atoms with Crippen LogP contribution in [0.2, 0.25) is 0 Å². The van der Waals surface area contributed by atoms with E-state index < -0.39 is 31.5 Å². The molecular formula is C5H10O4. The molecule has 0 aromatic heterocycles. The van der Waals surface area contributed by atoms with Gasteiger partial charge in [-0.05, 0) is 6.85 Å². The summed E-state index contributed by atoms with van der Waals surface area (Å²) in [7, 11) is 0. The SMILES string of the molecule is [2H]C([2H])([2H])[C@H]1OC(O)[C@H](O)[C@@H]1O. The van der Waals surface area contributed by atoms with Gasteiger partial charge in [-0.3, -0.25) is 0 Å². The summed E-state index contributed by atoms with van der Waals surface area (Å²) in [4.78, 5) is 0. The molecule has 0 aromatic rings. The fraction of sp³-hybridized carbons (Fsp3) is 1.00. The van der Waals surface area contributed by atoms with Crippen molar-refractivity contribution in [3.63, 3.8) is 0 Å². The summed E-state index contributed by atoms with van der Waals surface area (Å²) in [6.07, 6.45) is -6.24. The lowest BCUT2D eigenvalue weighted by atomic mass is 10.2. The van der Waals surface area contributed by atoms with E-state index >= 15 is 0 Å². The standard InChI is InChI=1S/C5H10O4/c1-2-3(6)4(7)5(8)9-2/h2-8H,1H3/t2-,3-,4-,5?/m1/s1/i1D3. The lowest BCUT2D eigenvalue weighted by Crippen LogP contribution is -2.31. The van der Waals surface area contributed by atoms with E-state index in [1.165, 1.54) is 0 Å². The van der Waals surface area contributed by atoms with Crippen LogP contribution in [0.25, 0.3) is 0 Å². The Morgan fingerprint density at radius 1 is 1.33 bits per heavy atom. The molecule has 0 saturated carbocycles. The minimum Gasteiger partial charge on any atom is -0.388 e. The van der Waals surface area contributed by atoms with E-state index in [1.54, 1.807) is 0 Å². The van der Waals surface area contributed by atoms with Crippen LogP contribution in [0.1, 0.15) is 11.0 Å². The van der Waals surface area contributed by atoms with Gasteiger partial charge in [-0.25, -0.2) is 0 Å². The van der Waals surface area contributed by atoms with Gasteiger partial charge in [-0.2, -0.15) is 0 Å². The number of aliphatic hydroxyl groups is 3. The predicted octanol–water partition coefficient (Wildman–Crippen LogP) is -1.55. The first-order chi connectivity index (χ1) is 5.34. The predicted molar refractivity (Wildman–Crippen MR) is 28.6 cm³/mol. The molecule has 1 fully saturated rings. The molecule has 54 valence electrons. The van der Waals surface area contributed by atoms with Crippen LogP contribution >= 0.6 is 0 Å². The topological polar surface area (TPSA) is 69.9 Å². The number of hydrogen-bond acceptors (Lipinski definition) is 4. The maximum absolute atomic E-state index is 9.07. The number of ether oxygens (including phenoxy) is 1. The van der Waals surface area contributed by atoms with Gasteiger partial charge in [0.05, 0.1) is 6.10 Å². The van der Waals surface area contributed by atoms with E-state index in [9.17, 15) is 0 Å². The molecule has 1 aliphatic heterocycles. The second-order valence-electron chi connectivity index (χ2n) is 1.93. The summed E-state index contributed by atoms with van der Waals surface area (Å²) in [5.74, 6) is 0. The highest BCUT2D eigenvalue weighted by molar-refractivity contribution is 4.82. The first-order valence-corrected chi connectivity index (χ1v) is 2.53. The molecule has 1 aliphatic rings. The highest BCUT2D eigenvalue weighted by Crippen LogP contribution is 2.18. The van der Waals surface area contributed by atoms with Gasteiger partial charge in [-0.15, -0.1) is 0 Å². The largest absolute Gasteiger partial charge is 0.388 e. The third-order valence-corrected chi connectivity index (χ3v) is 1.24. The van der Waals surface area contributed by atoms with Crippen molar-refractivity contribution >= 4 is 0 Å². The molecule has 1 heterocycles. The van der Waals surface area contributed by atoms with Crippen molar-refractivity contribution in [1.82, 2.24) is 0 Å². The second-order valence-corrected chi connectivity index (χ2v) is 1.93. The fourth-order valence-corrected chi connectivity index (χ4v) is 0.659. The first-order valence-electron chi connectivity index (χ1n) is 4.03. The Bertz CT molecular complexity index is 171. The Hall–Kier alpha value is -0.160. The van der Waals surface area contributed by atoms with E-state index in [2.05, 4.69) is 4.74 Å². The molecule has 0 radical (unpaired) electrons. The third kappa shape index (κ3) is 1.07. The Balaban J connectivity index is 2.71. The van der Waals surface area contributed by atoms with Gasteiger partial charge in [0.15, 0.2) is 6.29 Å². The monoisotopic (exact) mass is 137 g/mol. The van der Waals surface area contributed by atoms with Crippen molar-refractivity contribution in [1.29, 1.82) is 0 Å². The van der Waals surface area contributed by atoms with Gasteiger partial charge in [-0.1, -0.05) is 0 Å². The molecule has 0 aromatic carbocycles. The van der Waals surface area contributed by atoms with Gasteiger partial charge in [0, 0.05) is 4.11 Å². The molecule has 1 unspecified atom stereocenters. The van der Waals surface area contributed by atoms with Gasteiger partial charge in [0.25, 0.3) is 0 Å². The van der Waals surface area contributed by atoms with Gasteiger partial charge < -0.3 is 20.1 Å². The quantitative estimate of drug-likeness (QED) is 0.378. The highest BCUT2D eigenvalue weighted by Gasteiger charge is 2.38. The van der Waals surface area contributed by atoms with Crippen LogP contribution in [0, 0.1) is 0 Å². The molecule has 0 aliphatic carbocycles. The van der Waals surface area contributed by atoms with E-state index in [1.807, 2.05) is 0 Å². The number of aliphatic hydroxyl groups excluding tert-OH is 3. The molecular weight excluding hydrogens is 124 g/mol. The van der Waals surface area contributed by atoms with Gasteiger partial charge >= 0.3 is 0 Å². The normalized spacial score (nSPS) is 58.3. The molecule has 4 atom stereocenters. The minimum atomic E-state index is -2.53. The van der Waals surface area contributed by atoms with Crippen molar-refractivity contribution in [3.8, 4) is 0 Å². The van der Waals surface area contributed by atoms with Crippen molar-refractivity contribution in [2.24, 2.45) is 0 Å². The molecule has 0 bridgehead atoms. The van der Waals surface area contributed by atoms with Crippen LogP contribution in [0.15, 0.2) is 0 Å². The summed E-state index contributed by atoms with van der Waals surface area (Å²) in [6.45, 7) is -2.53. The fourth-order valence-electron chi connectivity index (χ4n) is 0.659. The van der Waals surface area contributed by atoms with E-state index in [0.29, 0.717) is 0 Å². The van der Waals surface area contributed by atoms with E-state index in [0.717, 1.165) is 0 Å². The Labute approximate surface area is 56.9 Å². The summed E-state index contributed by atoms with van der Waals surface area (Å²) >= 11 is 0. The molecule has 1 rings (SSSR count). The van der Waals surface area contributed by atoms with E-state index in [4.69, 9.17) is 19.4 Å². The summed E-state index contributed by atoms with van der Waals surface area (Å²) in [5.41, 5.74) is 0. The average Bonchev–Trinajstić information content (AvgIpc) is 2.15. The molecule has 9 heavy (non-hydrogen) atoms. The lowest BCUT2D eigenvalue weighted by Gasteiger charge is -2.07. The van der Waals surface area contributed by atoms with Crippen LogP contribution in [0.4, 0.5) is 0 Å². The molecule has 4 heteroatoms. The molecule has 0 amide bonds. The molecule has 1 saturated heterocycles. The Morgan fingerprint density at radius 3 is 2.22 bits per heavy atom. The summed E-state index contributed by atoms with van der Waals surface area (Å²) < 4.78 is 25.0. The zero-order valence-corrected chi connectivity index (χ0v) is 4.56. The van der Waals surface area contributed by atoms with Crippen molar-refractivity contribution in [2.75, 3.05) is 0 Å². The highest BCUT2D eigenvalue weighted by atomic mass is 16.6. The van der Waals surface area contributed by atoms with Crippen LogP contribution in [-0.4, -0.2) is 39.9 Å². The molecule has 0 spiro atoms. The summed E-state index contributed by atoms with van der Waals surface area (Å²) in [6, 6.07) is 0. The van der Waals surface area contributed by atoms with Crippen molar-refractivity contribution in [2.45, 2.75) is 31.5 Å². The zero-order valence-electron chi connectivity index (χ0n) is 7.56. The van der Waals surface area contributed by atoms with Crippen LogP contribution in [-0.2, 0) is 4.74 Å². The average molecular weight is 137 g/mol. The van der Waals surface area contributed by atoms with Crippen molar-refractivity contribution < 1.29 is 24.2 Å². The lowest BCUT2D eigenvalue weighted by molar-refractivity contribution is -0.124. The Kier molecular flexibility index (Phi) is 0.958. The van der Waals surface area contributed by atoms with Gasteiger partial charge in [0.2, 0.25) is 0 Å². The van der Waals surface area contributed by atoms with Crippen LogP contribution in [0.3, 0.4) is 0 Å². The zero-order chi connectivity index (χ0) is 9.52. The maximum atomic E-state index is 9.07. The maximum Gasteiger partial charge on any atom is 0.183 e. The van der Waals surface area contributed by atoms with E-state index in [-0.39, 0.29) is 0 Å². The third-order valence-electron chi connectivity index (χ3n) is 1.24. The van der Waals surface area contributed by atoms with Crippen molar-refractivity contribution in [3.05, 3.63) is 0 Å². The molecule has 4 nitrogen and oxygen atoms in total. The van der Waals surface area contributed by atoms with Gasteiger partial charge in [0.1, 0.15) is 12.2 Å². The number of hydrogen-bond donors (Lipinski definition) is 3. The van der Waals surface area contributed by atoms with Crippen LogP contribution < -0.4 is 0 Å². The summed E-state index contributed by atoms with van der Waals surface area (Å²) in [5, 5.41) is 26.8. The smallest absolute Gasteiger partial charge is 0.183 e. The number of rotatable bonds is 0.